The summed E-state index contributed by atoms with van der Waals surface area (Å²) in [5.74, 6) is 1.55. The molecule has 1 aromatic heterocycles. The Morgan fingerprint density at radius 2 is 1.75 bits per heavy atom. The highest BCUT2D eigenvalue weighted by Gasteiger charge is 2.36. The van der Waals surface area contributed by atoms with Gasteiger partial charge in [-0.3, -0.25) is 24.0 Å². The van der Waals surface area contributed by atoms with Crippen LogP contribution in [-0.2, 0) is 11.3 Å². The lowest BCUT2D eigenvalue weighted by molar-refractivity contribution is -0.121. The molecule has 2 atom stereocenters. The number of H-pyrrole nitrogens is 1. The van der Waals surface area contributed by atoms with Crippen LogP contribution in [0.3, 0.4) is 0 Å². The van der Waals surface area contributed by atoms with Gasteiger partial charge in [-0.15, -0.1) is 0 Å². The van der Waals surface area contributed by atoms with Gasteiger partial charge < -0.3 is 10.6 Å². The highest BCUT2D eigenvalue weighted by Crippen LogP contribution is 2.36. The largest absolute Gasteiger partial charge is 0.383 e. The zero-order valence-corrected chi connectivity index (χ0v) is 19.5. The lowest BCUT2D eigenvalue weighted by atomic mass is 9.75. The Hall–Kier alpha value is -2.09. The van der Waals surface area contributed by atoms with Crippen LogP contribution in [0.4, 0.5) is 11.5 Å². The summed E-state index contributed by atoms with van der Waals surface area (Å²) in [7, 11) is 0. The van der Waals surface area contributed by atoms with Crippen molar-refractivity contribution in [2.75, 3.05) is 30.3 Å². The minimum absolute atomic E-state index is 0.0322. The lowest BCUT2D eigenvalue weighted by Gasteiger charge is -2.41. The van der Waals surface area contributed by atoms with E-state index in [4.69, 9.17) is 5.73 Å². The number of rotatable bonds is 7. The predicted molar refractivity (Wildman–Crippen MR) is 127 cm³/mol. The molecule has 3 N–H and O–H groups in total. The summed E-state index contributed by atoms with van der Waals surface area (Å²) in [4.78, 5) is 45.3. The number of hydrogen-bond donors (Lipinski definition) is 2. The summed E-state index contributed by atoms with van der Waals surface area (Å²) in [5, 5.41) is 0. The van der Waals surface area contributed by atoms with E-state index >= 15 is 0 Å². The Kier molecular flexibility index (Phi) is 7.38. The van der Waals surface area contributed by atoms with E-state index in [9.17, 15) is 14.4 Å². The molecule has 0 radical (unpaired) electrons. The molecule has 3 fully saturated rings. The number of carbonyl (C=O) groups excluding carboxylic acids is 1. The first kappa shape index (κ1) is 23.1. The molecule has 8 nitrogen and oxygen atoms in total. The Balaban J connectivity index is 1.60. The summed E-state index contributed by atoms with van der Waals surface area (Å²) in [6.07, 6.45) is 11.9. The van der Waals surface area contributed by atoms with E-state index in [2.05, 4.69) is 9.88 Å². The van der Waals surface area contributed by atoms with Gasteiger partial charge in [-0.05, 0) is 50.5 Å². The molecule has 0 bridgehead atoms. The molecule has 3 aliphatic rings. The smallest absolute Gasteiger partial charge is 0.330 e. The normalized spacial score (nSPS) is 24.4. The van der Waals surface area contributed by atoms with Crippen LogP contribution in [-0.4, -0.2) is 46.0 Å². The fraction of sp³-hybridized carbons (Fsp3) is 0.792. The Morgan fingerprint density at radius 3 is 2.47 bits per heavy atom. The third-order valence-corrected chi connectivity index (χ3v) is 7.88. The number of piperidine rings is 1. The number of nitrogen functional groups attached to an aromatic ring is 1. The molecule has 0 aromatic carbocycles. The SMILES string of the molecule is CCCCn1c(N)c(N(C(=O)CN2CC[C@@H]3CCCC[C@H]3C2)C2CCCC2)c(=O)[nH]c1=O. The van der Waals surface area contributed by atoms with Crippen LogP contribution in [0.15, 0.2) is 9.59 Å². The van der Waals surface area contributed by atoms with E-state index in [0.717, 1.165) is 64.0 Å². The second-order valence-corrected chi connectivity index (χ2v) is 10.0. The number of anilines is 2. The molecular formula is C24H39N5O3. The van der Waals surface area contributed by atoms with Crippen molar-refractivity contribution in [3.05, 3.63) is 20.8 Å². The molecule has 2 aliphatic carbocycles. The van der Waals surface area contributed by atoms with E-state index in [-0.39, 0.29) is 23.5 Å². The molecule has 0 spiro atoms. The van der Waals surface area contributed by atoms with E-state index in [1.165, 1.54) is 30.3 Å². The first-order valence-electron chi connectivity index (χ1n) is 12.7. The van der Waals surface area contributed by atoms with Crippen LogP contribution in [0.1, 0.15) is 77.6 Å². The van der Waals surface area contributed by atoms with Gasteiger partial charge in [0, 0.05) is 19.1 Å². The Morgan fingerprint density at radius 1 is 1.06 bits per heavy atom. The van der Waals surface area contributed by atoms with Crippen LogP contribution in [0.5, 0.6) is 0 Å². The number of nitrogens with one attached hydrogen (secondary N) is 1. The van der Waals surface area contributed by atoms with Crippen molar-refractivity contribution in [1.82, 2.24) is 14.5 Å². The van der Waals surface area contributed by atoms with Crippen molar-refractivity contribution >= 4 is 17.4 Å². The number of aromatic amines is 1. The van der Waals surface area contributed by atoms with Gasteiger partial charge in [0.25, 0.3) is 5.56 Å². The topological polar surface area (TPSA) is 104 Å². The summed E-state index contributed by atoms with van der Waals surface area (Å²) in [5.41, 5.74) is 5.51. The highest BCUT2D eigenvalue weighted by atomic mass is 16.2. The third kappa shape index (κ3) is 4.80. The average molecular weight is 446 g/mol. The van der Waals surface area contributed by atoms with Crippen molar-refractivity contribution in [2.45, 2.75) is 90.1 Å². The van der Waals surface area contributed by atoms with Gasteiger partial charge in [0.1, 0.15) is 5.82 Å². The van der Waals surface area contributed by atoms with E-state index in [1.54, 1.807) is 4.90 Å². The second kappa shape index (κ2) is 10.2. The predicted octanol–water partition coefficient (Wildman–Crippen LogP) is 2.71. The van der Waals surface area contributed by atoms with Crippen LogP contribution >= 0.6 is 0 Å². The molecule has 1 saturated heterocycles. The molecule has 32 heavy (non-hydrogen) atoms. The maximum Gasteiger partial charge on any atom is 0.330 e. The molecule has 0 unspecified atom stereocenters. The number of aromatic nitrogens is 2. The van der Waals surface area contributed by atoms with Crippen LogP contribution in [0.2, 0.25) is 0 Å². The zero-order chi connectivity index (χ0) is 22.7. The lowest BCUT2D eigenvalue weighted by Crippen LogP contribution is -2.51. The van der Waals surface area contributed by atoms with Crippen molar-refractivity contribution in [3.63, 3.8) is 0 Å². The van der Waals surface area contributed by atoms with Gasteiger partial charge in [-0.2, -0.15) is 0 Å². The summed E-state index contributed by atoms with van der Waals surface area (Å²) in [6, 6.07) is -0.0322. The van der Waals surface area contributed by atoms with E-state index < -0.39 is 11.2 Å². The van der Waals surface area contributed by atoms with Crippen molar-refractivity contribution in [1.29, 1.82) is 0 Å². The average Bonchev–Trinajstić information content (AvgIpc) is 3.30. The van der Waals surface area contributed by atoms with Crippen LogP contribution < -0.4 is 21.9 Å². The standard InChI is InChI=1S/C24H39N5O3/c1-2-3-13-28-22(25)21(23(31)26-24(28)32)29(19-10-6-7-11-19)20(30)16-27-14-12-17-8-4-5-9-18(17)15-27/h17-19H,2-16,25H2,1H3,(H,26,31,32)/t17-,18-/m0/s1. The zero-order valence-electron chi connectivity index (χ0n) is 19.5. The van der Waals surface area contributed by atoms with Gasteiger partial charge >= 0.3 is 5.69 Å². The van der Waals surface area contributed by atoms with Gasteiger partial charge in [0.05, 0.1) is 6.54 Å². The number of nitrogens with two attached hydrogens (primary N) is 1. The maximum atomic E-state index is 13.7. The Labute approximate surface area is 190 Å². The summed E-state index contributed by atoms with van der Waals surface area (Å²) >= 11 is 0. The van der Waals surface area contributed by atoms with Gasteiger partial charge in [0.2, 0.25) is 5.91 Å². The van der Waals surface area contributed by atoms with Crippen LogP contribution in [0.25, 0.3) is 0 Å². The van der Waals surface area contributed by atoms with Crippen LogP contribution in [0, 0.1) is 11.8 Å². The molecule has 1 aromatic rings. The summed E-state index contributed by atoms with van der Waals surface area (Å²) < 4.78 is 1.42. The van der Waals surface area contributed by atoms with Gasteiger partial charge in [-0.1, -0.05) is 45.4 Å². The molecule has 2 heterocycles. The molecule has 2 saturated carbocycles. The highest BCUT2D eigenvalue weighted by molar-refractivity contribution is 5.97. The molecule has 1 amide bonds. The second-order valence-electron chi connectivity index (χ2n) is 10.0. The fourth-order valence-corrected chi connectivity index (χ4v) is 6.11. The van der Waals surface area contributed by atoms with E-state index in [0.29, 0.717) is 19.0 Å². The van der Waals surface area contributed by atoms with Gasteiger partial charge in [0.15, 0.2) is 5.69 Å². The number of hydrogen-bond acceptors (Lipinski definition) is 5. The first-order valence-corrected chi connectivity index (χ1v) is 12.7. The number of amides is 1. The minimum Gasteiger partial charge on any atom is -0.383 e. The molecule has 178 valence electrons. The number of carbonyl (C=O) groups is 1. The number of fused-ring (bicyclic) bond motifs is 1. The van der Waals surface area contributed by atoms with Crippen molar-refractivity contribution in [2.24, 2.45) is 11.8 Å². The van der Waals surface area contributed by atoms with Crippen molar-refractivity contribution in [3.8, 4) is 0 Å². The monoisotopic (exact) mass is 445 g/mol. The quantitative estimate of drug-likeness (QED) is 0.671. The number of unbranched alkanes of at least 4 members (excludes halogenated alkanes) is 1. The Bertz CT molecular complexity index is 917. The number of likely N-dealkylation sites (tertiary alicyclic amines) is 1. The summed E-state index contributed by atoms with van der Waals surface area (Å²) in [6.45, 7) is 4.70. The number of nitrogens with zero attached hydrogens (tertiary/aromatic N) is 3. The van der Waals surface area contributed by atoms with Gasteiger partial charge in [-0.25, -0.2) is 4.79 Å². The minimum atomic E-state index is -0.550. The molecule has 8 heteroatoms. The first-order chi connectivity index (χ1) is 15.5. The molecule has 4 rings (SSSR count). The fourth-order valence-electron chi connectivity index (χ4n) is 6.11. The maximum absolute atomic E-state index is 13.7. The van der Waals surface area contributed by atoms with Crippen molar-refractivity contribution < 1.29 is 4.79 Å². The third-order valence-electron chi connectivity index (χ3n) is 7.88. The van der Waals surface area contributed by atoms with E-state index in [1.807, 2.05) is 6.92 Å². The molecular weight excluding hydrogens is 406 g/mol. The molecule has 1 aliphatic heterocycles.